The van der Waals surface area contributed by atoms with E-state index < -0.39 is 10.1 Å². The van der Waals surface area contributed by atoms with Gasteiger partial charge in [-0.3, -0.25) is 4.18 Å². The first kappa shape index (κ1) is 14.4. The highest BCUT2D eigenvalue weighted by molar-refractivity contribution is 7.85. The first-order valence-corrected chi connectivity index (χ1v) is 6.76. The standard InChI is InChI=1S/C11H20O3S/c1-10(2)6-5-7-11(3)8-9-14-15(4,12)13/h6,8H,5,7,9H2,1-4H3. The molecule has 0 aliphatic carbocycles. The highest BCUT2D eigenvalue weighted by Crippen LogP contribution is 2.06. The SMILES string of the molecule is CC(C)=CCCC(C)=CCOS(C)(=O)=O. The number of allylic oxidation sites excluding steroid dienone is 3. The zero-order valence-corrected chi connectivity index (χ0v) is 10.7. The maximum atomic E-state index is 10.7. The van der Waals surface area contributed by atoms with Crippen LogP contribution in [0.15, 0.2) is 23.3 Å². The van der Waals surface area contributed by atoms with Crippen LogP contribution in [0, 0.1) is 0 Å². The quantitative estimate of drug-likeness (QED) is 0.522. The fourth-order valence-electron chi connectivity index (χ4n) is 0.990. The van der Waals surface area contributed by atoms with E-state index >= 15 is 0 Å². The zero-order chi connectivity index (χ0) is 11.9. The minimum atomic E-state index is -3.31. The molecule has 0 unspecified atom stereocenters. The molecule has 15 heavy (non-hydrogen) atoms. The number of rotatable bonds is 6. The fraction of sp³-hybridized carbons (Fsp3) is 0.636. The van der Waals surface area contributed by atoms with Crippen LogP contribution in [0.1, 0.15) is 33.6 Å². The molecule has 0 rings (SSSR count). The minimum Gasteiger partial charge on any atom is -0.266 e. The Morgan fingerprint density at radius 2 is 1.80 bits per heavy atom. The van der Waals surface area contributed by atoms with E-state index in [-0.39, 0.29) is 6.61 Å². The summed E-state index contributed by atoms with van der Waals surface area (Å²) in [4.78, 5) is 0. The van der Waals surface area contributed by atoms with Gasteiger partial charge in [0.15, 0.2) is 0 Å². The largest absolute Gasteiger partial charge is 0.266 e. The number of hydrogen-bond donors (Lipinski definition) is 0. The van der Waals surface area contributed by atoms with Crippen LogP contribution in [-0.2, 0) is 14.3 Å². The summed E-state index contributed by atoms with van der Waals surface area (Å²) in [5.74, 6) is 0. The molecule has 0 fully saturated rings. The molecule has 0 bridgehead atoms. The van der Waals surface area contributed by atoms with Gasteiger partial charge in [-0.05, 0) is 33.6 Å². The van der Waals surface area contributed by atoms with Crippen molar-refractivity contribution in [2.45, 2.75) is 33.6 Å². The van der Waals surface area contributed by atoms with Crippen molar-refractivity contribution >= 4 is 10.1 Å². The van der Waals surface area contributed by atoms with Crippen molar-refractivity contribution in [3.05, 3.63) is 23.3 Å². The van der Waals surface area contributed by atoms with E-state index in [1.165, 1.54) is 5.57 Å². The van der Waals surface area contributed by atoms with Crippen molar-refractivity contribution in [2.24, 2.45) is 0 Å². The van der Waals surface area contributed by atoms with Gasteiger partial charge < -0.3 is 0 Å². The lowest BCUT2D eigenvalue weighted by molar-refractivity contribution is 0.360. The molecule has 0 radical (unpaired) electrons. The Bertz CT molecular complexity index is 333. The monoisotopic (exact) mass is 232 g/mol. The van der Waals surface area contributed by atoms with E-state index in [1.54, 1.807) is 6.08 Å². The second-order valence-corrected chi connectivity index (χ2v) is 5.50. The van der Waals surface area contributed by atoms with Gasteiger partial charge in [0, 0.05) is 0 Å². The van der Waals surface area contributed by atoms with Gasteiger partial charge in [0.2, 0.25) is 0 Å². The molecule has 0 saturated carbocycles. The average molecular weight is 232 g/mol. The molecule has 0 aromatic rings. The zero-order valence-electron chi connectivity index (χ0n) is 9.91. The van der Waals surface area contributed by atoms with Crippen LogP contribution in [0.3, 0.4) is 0 Å². The normalized spacial score (nSPS) is 12.7. The van der Waals surface area contributed by atoms with Crippen molar-refractivity contribution < 1.29 is 12.6 Å². The van der Waals surface area contributed by atoms with Gasteiger partial charge in [-0.25, -0.2) is 0 Å². The molecule has 0 aromatic carbocycles. The van der Waals surface area contributed by atoms with Crippen LogP contribution in [0.5, 0.6) is 0 Å². The minimum absolute atomic E-state index is 0.138. The van der Waals surface area contributed by atoms with Gasteiger partial charge in [-0.15, -0.1) is 0 Å². The third-order valence-electron chi connectivity index (χ3n) is 1.81. The van der Waals surface area contributed by atoms with E-state index in [4.69, 9.17) is 0 Å². The van der Waals surface area contributed by atoms with Crippen molar-refractivity contribution in [3.8, 4) is 0 Å². The second kappa shape index (κ2) is 6.80. The predicted octanol–water partition coefficient (Wildman–Crippen LogP) is 2.66. The van der Waals surface area contributed by atoms with E-state index in [1.807, 2.05) is 6.92 Å². The molecule has 0 aliphatic rings. The van der Waals surface area contributed by atoms with Crippen LogP contribution < -0.4 is 0 Å². The topological polar surface area (TPSA) is 43.4 Å². The van der Waals surface area contributed by atoms with E-state index in [2.05, 4.69) is 24.1 Å². The van der Waals surface area contributed by atoms with Crippen molar-refractivity contribution in [2.75, 3.05) is 12.9 Å². The molecule has 0 amide bonds. The predicted molar refractivity (Wildman–Crippen MR) is 63.2 cm³/mol. The van der Waals surface area contributed by atoms with E-state index in [0.29, 0.717) is 0 Å². The maximum absolute atomic E-state index is 10.7. The van der Waals surface area contributed by atoms with E-state index in [9.17, 15) is 8.42 Å². The summed E-state index contributed by atoms with van der Waals surface area (Å²) in [5, 5.41) is 0. The molecule has 88 valence electrons. The van der Waals surface area contributed by atoms with Gasteiger partial charge in [0.05, 0.1) is 12.9 Å². The molecule has 0 spiro atoms. The molecule has 3 nitrogen and oxygen atoms in total. The Morgan fingerprint density at radius 1 is 1.20 bits per heavy atom. The van der Waals surface area contributed by atoms with E-state index in [0.717, 1.165) is 24.7 Å². The molecule has 4 heteroatoms. The van der Waals surface area contributed by atoms with Crippen LogP contribution in [-0.4, -0.2) is 21.3 Å². The molecular formula is C11H20O3S. The smallest absolute Gasteiger partial charge is 0.264 e. The molecule has 0 aliphatic heterocycles. The van der Waals surface area contributed by atoms with Gasteiger partial charge in [0.1, 0.15) is 0 Å². The molecule has 0 heterocycles. The van der Waals surface area contributed by atoms with Crippen LogP contribution in [0.25, 0.3) is 0 Å². The van der Waals surface area contributed by atoms with Crippen molar-refractivity contribution in [3.63, 3.8) is 0 Å². The van der Waals surface area contributed by atoms with Gasteiger partial charge in [-0.1, -0.05) is 23.3 Å². The highest BCUT2D eigenvalue weighted by Gasteiger charge is 1.98. The summed E-state index contributed by atoms with van der Waals surface area (Å²) in [6.07, 6.45) is 6.95. The Balaban J connectivity index is 3.85. The van der Waals surface area contributed by atoms with Crippen LogP contribution in [0.4, 0.5) is 0 Å². The summed E-state index contributed by atoms with van der Waals surface area (Å²) in [7, 11) is -3.31. The van der Waals surface area contributed by atoms with Crippen molar-refractivity contribution in [1.29, 1.82) is 0 Å². The van der Waals surface area contributed by atoms with Crippen LogP contribution >= 0.6 is 0 Å². The first-order valence-electron chi connectivity index (χ1n) is 4.94. The molecule has 0 saturated heterocycles. The van der Waals surface area contributed by atoms with Crippen molar-refractivity contribution in [1.82, 2.24) is 0 Å². The molecule has 0 aromatic heterocycles. The Kier molecular flexibility index (Phi) is 6.52. The summed E-state index contributed by atoms with van der Waals surface area (Å²) in [5.41, 5.74) is 2.45. The third-order valence-corrected chi connectivity index (χ3v) is 2.37. The molecule has 0 atom stereocenters. The highest BCUT2D eigenvalue weighted by atomic mass is 32.2. The average Bonchev–Trinajstić information content (AvgIpc) is 2.00. The second-order valence-electron chi connectivity index (χ2n) is 3.86. The lowest BCUT2D eigenvalue weighted by Gasteiger charge is -2.00. The number of hydrogen-bond acceptors (Lipinski definition) is 3. The summed E-state index contributed by atoms with van der Waals surface area (Å²) < 4.78 is 25.9. The fourth-order valence-corrected chi connectivity index (χ4v) is 1.31. The molecular weight excluding hydrogens is 212 g/mol. The lowest BCUT2D eigenvalue weighted by Crippen LogP contribution is -2.02. The molecule has 0 N–H and O–H groups in total. The Morgan fingerprint density at radius 3 is 2.27 bits per heavy atom. The summed E-state index contributed by atoms with van der Waals surface area (Å²) in [6.45, 7) is 6.24. The van der Waals surface area contributed by atoms with Gasteiger partial charge in [0.25, 0.3) is 10.1 Å². The third kappa shape index (κ3) is 11.3. The Hall–Kier alpha value is -0.610. The van der Waals surface area contributed by atoms with Gasteiger partial charge >= 0.3 is 0 Å². The summed E-state index contributed by atoms with van der Waals surface area (Å²) in [6, 6.07) is 0. The first-order chi connectivity index (χ1) is 6.81. The lowest BCUT2D eigenvalue weighted by atomic mass is 10.1. The van der Waals surface area contributed by atoms with Gasteiger partial charge in [-0.2, -0.15) is 8.42 Å². The summed E-state index contributed by atoms with van der Waals surface area (Å²) >= 11 is 0. The maximum Gasteiger partial charge on any atom is 0.264 e. The van der Waals surface area contributed by atoms with Crippen LogP contribution in [0.2, 0.25) is 0 Å². The Labute approximate surface area is 93.0 Å².